The molecule has 26 heavy (non-hydrogen) atoms. The summed E-state index contributed by atoms with van der Waals surface area (Å²) < 4.78 is 53.2. The van der Waals surface area contributed by atoms with Crippen LogP contribution in [0.2, 0.25) is 0 Å². The number of thioether (sulfide) groups is 1. The Morgan fingerprint density at radius 2 is 1.88 bits per heavy atom. The number of hydrogen-bond donors (Lipinski definition) is 0. The highest BCUT2D eigenvalue weighted by Gasteiger charge is 2.36. The zero-order valence-electron chi connectivity index (χ0n) is 13.0. The molecule has 0 bridgehead atoms. The fourth-order valence-corrected chi connectivity index (χ4v) is 3.89. The van der Waals surface area contributed by atoms with Gasteiger partial charge in [0.2, 0.25) is 0 Å². The highest BCUT2D eigenvalue weighted by Crippen LogP contribution is 2.39. The summed E-state index contributed by atoms with van der Waals surface area (Å²) in [4.78, 5) is 4.86. The number of alkyl halides is 3. The van der Waals surface area contributed by atoms with Crippen molar-refractivity contribution in [1.29, 1.82) is 5.26 Å². The van der Waals surface area contributed by atoms with E-state index in [9.17, 15) is 22.8 Å². The van der Waals surface area contributed by atoms with Crippen molar-refractivity contribution in [1.82, 2.24) is 4.98 Å². The summed E-state index contributed by atoms with van der Waals surface area (Å²) in [5.41, 5.74) is -0.602. The molecule has 0 atom stereocenters. The van der Waals surface area contributed by atoms with Crippen LogP contribution in [-0.2, 0) is 11.9 Å². The molecule has 0 saturated heterocycles. The second-order valence-corrected chi connectivity index (χ2v) is 7.15. The van der Waals surface area contributed by atoms with Crippen molar-refractivity contribution in [2.24, 2.45) is 0 Å². The van der Waals surface area contributed by atoms with Crippen LogP contribution in [0.1, 0.15) is 16.7 Å². The monoisotopic (exact) mass is 394 g/mol. The van der Waals surface area contributed by atoms with Gasteiger partial charge in [0.25, 0.3) is 0 Å². The topological polar surface area (TPSA) is 36.7 Å². The molecule has 3 rings (SSSR count). The molecule has 2 heterocycles. The molecule has 1 aromatic carbocycles. The Hall–Kier alpha value is -2.37. The van der Waals surface area contributed by atoms with Crippen molar-refractivity contribution in [2.75, 3.05) is 0 Å². The van der Waals surface area contributed by atoms with E-state index in [1.807, 2.05) is 0 Å². The smallest absolute Gasteiger partial charge is 0.239 e. The number of halogens is 4. The standard InChI is InChI=1S/C18H10F4N2S2/c19-12-5-3-11(4-6-12)10-26-17-13(9-23)14(18(20,21)22)8-15(24-17)16-2-1-7-25-16/h1-8H,10H2. The van der Waals surface area contributed by atoms with Crippen molar-refractivity contribution < 1.29 is 17.6 Å². The minimum absolute atomic E-state index is 0.00931. The van der Waals surface area contributed by atoms with Crippen LogP contribution in [0.15, 0.2) is 52.9 Å². The van der Waals surface area contributed by atoms with Gasteiger partial charge in [0, 0.05) is 5.75 Å². The lowest BCUT2D eigenvalue weighted by atomic mass is 10.1. The maximum atomic E-state index is 13.4. The average Bonchev–Trinajstić information content (AvgIpc) is 3.14. The number of pyridine rings is 1. The summed E-state index contributed by atoms with van der Waals surface area (Å²) in [6.45, 7) is 0. The van der Waals surface area contributed by atoms with E-state index in [1.165, 1.54) is 23.5 Å². The van der Waals surface area contributed by atoms with E-state index in [-0.39, 0.29) is 16.5 Å². The van der Waals surface area contributed by atoms with Gasteiger partial charge in [-0.15, -0.1) is 23.1 Å². The van der Waals surface area contributed by atoms with E-state index < -0.39 is 23.1 Å². The molecule has 0 fully saturated rings. The number of rotatable bonds is 4. The van der Waals surface area contributed by atoms with Crippen LogP contribution in [0.5, 0.6) is 0 Å². The van der Waals surface area contributed by atoms with Gasteiger partial charge >= 0.3 is 6.18 Å². The van der Waals surface area contributed by atoms with Crippen LogP contribution in [-0.4, -0.2) is 4.98 Å². The van der Waals surface area contributed by atoms with Gasteiger partial charge in [-0.25, -0.2) is 9.37 Å². The van der Waals surface area contributed by atoms with Crippen molar-refractivity contribution in [3.63, 3.8) is 0 Å². The summed E-state index contributed by atoms with van der Waals surface area (Å²) in [6.07, 6.45) is -4.66. The van der Waals surface area contributed by atoms with Gasteiger partial charge < -0.3 is 0 Å². The molecule has 0 amide bonds. The van der Waals surface area contributed by atoms with Crippen LogP contribution in [0.4, 0.5) is 17.6 Å². The summed E-state index contributed by atoms with van der Waals surface area (Å²) in [6, 6.07) is 11.6. The number of thiophene rings is 1. The van der Waals surface area contributed by atoms with Gasteiger partial charge in [-0.2, -0.15) is 18.4 Å². The number of nitriles is 1. The van der Waals surface area contributed by atoms with Gasteiger partial charge in [-0.05, 0) is 35.2 Å². The van der Waals surface area contributed by atoms with Crippen molar-refractivity contribution >= 4 is 23.1 Å². The predicted octanol–water partition coefficient (Wildman–Crippen LogP) is 6.13. The van der Waals surface area contributed by atoms with Crippen LogP contribution in [0.3, 0.4) is 0 Å². The average molecular weight is 394 g/mol. The quantitative estimate of drug-likeness (QED) is 0.394. The van der Waals surface area contributed by atoms with E-state index in [1.54, 1.807) is 35.7 Å². The van der Waals surface area contributed by atoms with Crippen molar-refractivity contribution in [3.05, 3.63) is 70.4 Å². The molecule has 132 valence electrons. The molecule has 8 heteroatoms. The van der Waals surface area contributed by atoms with Gasteiger partial charge in [-0.3, -0.25) is 0 Å². The molecule has 0 spiro atoms. The normalized spacial score (nSPS) is 11.3. The van der Waals surface area contributed by atoms with Gasteiger partial charge in [-0.1, -0.05) is 18.2 Å². The molecule has 2 aromatic heterocycles. The van der Waals surface area contributed by atoms with E-state index in [4.69, 9.17) is 0 Å². The van der Waals surface area contributed by atoms with E-state index >= 15 is 0 Å². The Labute approximate surface area is 155 Å². The third kappa shape index (κ3) is 4.06. The maximum Gasteiger partial charge on any atom is 0.417 e. The SMILES string of the molecule is N#Cc1c(C(F)(F)F)cc(-c2cccs2)nc1SCc1ccc(F)cc1. The van der Waals surface area contributed by atoms with Crippen LogP contribution >= 0.6 is 23.1 Å². The first-order valence-corrected chi connectivity index (χ1v) is 9.18. The van der Waals surface area contributed by atoms with E-state index in [2.05, 4.69) is 4.98 Å². The summed E-state index contributed by atoms with van der Waals surface area (Å²) in [7, 11) is 0. The molecule has 0 unspecified atom stereocenters. The number of aromatic nitrogens is 1. The molecule has 0 N–H and O–H groups in total. The van der Waals surface area contributed by atoms with Gasteiger partial charge in [0.1, 0.15) is 16.9 Å². The van der Waals surface area contributed by atoms with Crippen molar-refractivity contribution in [3.8, 4) is 16.6 Å². The third-order valence-electron chi connectivity index (χ3n) is 3.47. The molecule has 0 aliphatic heterocycles. The first-order valence-electron chi connectivity index (χ1n) is 7.32. The van der Waals surface area contributed by atoms with Crippen LogP contribution in [0.25, 0.3) is 10.6 Å². The summed E-state index contributed by atoms with van der Waals surface area (Å²) in [5, 5.41) is 11.0. The molecule has 0 radical (unpaired) electrons. The second kappa shape index (κ2) is 7.48. The van der Waals surface area contributed by atoms with Crippen LogP contribution in [0, 0.1) is 17.1 Å². The summed E-state index contributed by atoms with van der Waals surface area (Å²) >= 11 is 2.29. The molecular weight excluding hydrogens is 384 g/mol. The minimum atomic E-state index is -4.66. The largest absolute Gasteiger partial charge is 0.417 e. The number of hydrogen-bond acceptors (Lipinski definition) is 4. The highest BCUT2D eigenvalue weighted by molar-refractivity contribution is 7.98. The lowest BCUT2D eigenvalue weighted by Gasteiger charge is -2.13. The molecular formula is C18H10F4N2S2. The molecule has 0 aliphatic carbocycles. The Morgan fingerprint density at radius 1 is 1.15 bits per heavy atom. The first-order chi connectivity index (χ1) is 12.4. The lowest BCUT2D eigenvalue weighted by Crippen LogP contribution is -2.10. The molecule has 3 aromatic rings. The zero-order chi connectivity index (χ0) is 18.7. The van der Waals surface area contributed by atoms with E-state index in [0.717, 1.165) is 23.4 Å². The Bertz CT molecular complexity index is 943. The maximum absolute atomic E-state index is 13.4. The number of benzene rings is 1. The molecule has 0 aliphatic rings. The minimum Gasteiger partial charge on any atom is -0.239 e. The Kier molecular flexibility index (Phi) is 5.30. The fraction of sp³-hybridized carbons (Fsp3) is 0.111. The Balaban J connectivity index is 2.03. The van der Waals surface area contributed by atoms with Crippen LogP contribution < -0.4 is 0 Å². The molecule has 0 saturated carbocycles. The highest BCUT2D eigenvalue weighted by atomic mass is 32.2. The summed E-state index contributed by atoms with van der Waals surface area (Å²) in [5.74, 6) is -0.124. The second-order valence-electron chi connectivity index (χ2n) is 5.24. The lowest BCUT2D eigenvalue weighted by molar-refractivity contribution is -0.138. The zero-order valence-corrected chi connectivity index (χ0v) is 14.7. The van der Waals surface area contributed by atoms with Gasteiger partial charge in [0.05, 0.1) is 21.7 Å². The Morgan fingerprint density at radius 3 is 2.46 bits per heavy atom. The first kappa shape index (κ1) is 18.4. The third-order valence-corrected chi connectivity index (χ3v) is 5.40. The predicted molar refractivity (Wildman–Crippen MR) is 93.2 cm³/mol. The van der Waals surface area contributed by atoms with Crippen molar-refractivity contribution in [2.45, 2.75) is 17.0 Å². The number of nitrogens with zero attached hydrogens (tertiary/aromatic N) is 2. The molecule has 2 nitrogen and oxygen atoms in total. The fourth-order valence-electron chi connectivity index (χ4n) is 2.24. The van der Waals surface area contributed by atoms with E-state index in [0.29, 0.717) is 4.88 Å². The van der Waals surface area contributed by atoms with Gasteiger partial charge in [0.15, 0.2) is 0 Å².